The summed E-state index contributed by atoms with van der Waals surface area (Å²) in [4.78, 5) is 64.6. The maximum Gasteiger partial charge on any atom is 0.319 e. The minimum absolute atomic E-state index is 0.000925. The van der Waals surface area contributed by atoms with E-state index in [4.69, 9.17) is 35.5 Å². The molecule has 4 aromatic carbocycles. The lowest BCUT2D eigenvalue weighted by Crippen LogP contribution is -2.54. The van der Waals surface area contributed by atoms with Crippen molar-refractivity contribution < 1.29 is 47.6 Å². The number of fused-ring (bicyclic) bond motifs is 3. The largest absolute Gasteiger partial charge is 0.508 e. The first-order valence-corrected chi connectivity index (χ1v) is 21.9. The predicted octanol–water partition coefficient (Wildman–Crippen LogP) is 4.71. The predicted molar refractivity (Wildman–Crippen MR) is 235 cm³/mol. The van der Waals surface area contributed by atoms with Gasteiger partial charge < -0.3 is 34.3 Å². The van der Waals surface area contributed by atoms with Gasteiger partial charge in [-0.1, -0.05) is 35.9 Å². The van der Waals surface area contributed by atoms with Crippen LogP contribution in [0.15, 0.2) is 60.7 Å². The summed E-state index contributed by atoms with van der Waals surface area (Å²) in [6.45, 7) is 6.65. The number of benzene rings is 4. The molecule has 5 heterocycles. The third kappa shape index (κ3) is 9.03. The molecular weight excluding hydrogens is 849 g/mol. The van der Waals surface area contributed by atoms with Gasteiger partial charge in [0.25, 0.3) is 11.8 Å². The Labute approximate surface area is 372 Å². The number of anilines is 1. The highest BCUT2D eigenvalue weighted by Crippen LogP contribution is 2.42. The number of piperazine rings is 1. The summed E-state index contributed by atoms with van der Waals surface area (Å²) in [6, 6.07) is 15.9. The molecule has 0 spiro atoms. The van der Waals surface area contributed by atoms with Gasteiger partial charge in [-0.05, 0) is 72.0 Å². The fraction of sp³-hybridized carbons (Fsp3) is 0.391. The van der Waals surface area contributed by atoms with Crippen LogP contribution >= 0.6 is 11.6 Å². The maximum absolute atomic E-state index is 16.8. The number of amides is 4. The zero-order valence-corrected chi connectivity index (χ0v) is 35.7. The normalized spacial score (nSPS) is 18.6. The molecule has 1 atom stereocenters. The van der Waals surface area contributed by atoms with E-state index in [0.29, 0.717) is 62.0 Å². The van der Waals surface area contributed by atoms with Crippen LogP contribution in [0.3, 0.4) is 0 Å². The SMILES string of the molecule is O=C1CCC(N2C(=O)c3ccc(OCCOCCOC4CCN(CCOc5nc(N6CCNCC6)c6cc(Cl)c(-c7cc(O)cc8ccccc78)c(F)c6n5)CC4)cc3C2=O)C(=O)N1. The second kappa shape index (κ2) is 19.0. The molecule has 3 saturated heterocycles. The van der Waals surface area contributed by atoms with Crippen molar-refractivity contribution in [3.63, 3.8) is 0 Å². The first kappa shape index (κ1) is 43.3. The molecule has 334 valence electrons. The average molecular weight is 896 g/mol. The van der Waals surface area contributed by atoms with E-state index in [-0.39, 0.29) is 71.1 Å². The van der Waals surface area contributed by atoms with Crippen molar-refractivity contribution in [2.24, 2.45) is 0 Å². The number of hydrogen-bond acceptors (Lipinski definition) is 14. The van der Waals surface area contributed by atoms with Crippen LogP contribution < -0.4 is 25.0 Å². The summed E-state index contributed by atoms with van der Waals surface area (Å²) in [5, 5.41) is 18.3. The van der Waals surface area contributed by atoms with E-state index in [1.165, 1.54) is 18.2 Å². The molecule has 0 radical (unpaired) electrons. The van der Waals surface area contributed by atoms with Crippen molar-refractivity contribution in [1.82, 2.24) is 30.4 Å². The number of aromatic nitrogens is 2. The maximum atomic E-state index is 16.8. The van der Waals surface area contributed by atoms with E-state index in [1.54, 1.807) is 18.2 Å². The number of phenols is 1. The molecule has 0 aliphatic carbocycles. The second-order valence-corrected chi connectivity index (χ2v) is 16.5. The second-order valence-electron chi connectivity index (χ2n) is 16.1. The summed E-state index contributed by atoms with van der Waals surface area (Å²) in [6.07, 6.45) is 1.89. The number of aromatic hydroxyl groups is 1. The Balaban J connectivity index is 0.735. The molecule has 4 aliphatic rings. The molecule has 1 unspecified atom stereocenters. The molecule has 0 saturated carbocycles. The van der Waals surface area contributed by atoms with Crippen molar-refractivity contribution in [3.05, 3.63) is 82.6 Å². The van der Waals surface area contributed by atoms with Crippen molar-refractivity contribution >= 4 is 62.7 Å². The van der Waals surface area contributed by atoms with Crippen LogP contribution in [0, 0.1) is 5.82 Å². The van der Waals surface area contributed by atoms with Gasteiger partial charge in [0.1, 0.15) is 42.1 Å². The summed E-state index contributed by atoms with van der Waals surface area (Å²) in [5.74, 6) is -1.92. The number of nitrogens with zero attached hydrogens (tertiary/aromatic N) is 5. The van der Waals surface area contributed by atoms with E-state index in [1.807, 2.05) is 24.3 Å². The first-order valence-electron chi connectivity index (χ1n) is 21.5. The molecule has 3 fully saturated rings. The number of imide groups is 2. The standard InChI is InChI=1S/C46H47ClFN7O9/c47-36-26-35-41(40(48)39(36)33-24-28(56)23-27-3-1-2-4-31(27)33)51-46(52-42(35)54-15-11-49-12-16-54)64-18-17-53-13-9-29(10-14-53)62-21-19-61-20-22-63-30-5-6-32-34(25-30)45(60)55(44(32)59)37-7-8-38(57)50-43(37)58/h1-6,23-26,29,37,49,56H,7-22H2,(H,50,57,58). The van der Waals surface area contributed by atoms with Crippen LogP contribution in [0.25, 0.3) is 32.8 Å². The number of hydrogen-bond donors (Lipinski definition) is 3. The number of rotatable bonds is 15. The quantitative estimate of drug-likeness (QED) is 0.0970. The smallest absolute Gasteiger partial charge is 0.319 e. The molecule has 1 aromatic heterocycles. The summed E-state index contributed by atoms with van der Waals surface area (Å²) in [7, 11) is 0. The van der Waals surface area contributed by atoms with Gasteiger partial charge in [-0.2, -0.15) is 9.97 Å². The molecule has 4 amide bonds. The Hall–Kier alpha value is -5.98. The zero-order chi connectivity index (χ0) is 44.3. The monoisotopic (exact) mass is 895 g/mol. The molecular formula is C46H47ClFN7O9. The van der Waals surface area contributed by atoms with Crippen molar-refractivity contribution in [2.45, 2.75) is 37.8 Å². The molecule has 18 heteroatoms. The van der Waals surface area contributed by atoms with Crippen LogP contribution in [0.2, 0.25) is 5.02 Å². The summed E-state index contributed by atoms with van der Waals surface area (Å²) >= 11 is 6.85. The number of carbonyl (C=O) groups is 4. The van der Waals surface area contributed by atoms with Crippen LogP contribution in [-0.4, -0.2) is 139 Å². The molecule has 4 aliphatic heterocycles. The van der Waals surface area contributed by atoms with Gasteiger partial charge in [-0.15, -0.1) is 0 Å². The first-order chi connectivity index (χ1) is 31.1. The lowest BCUT2D eigenvalue weighted by Gasteiger charge is -2.31. The van der Waals surface area contributed by atoms with Gasteiger partial charge in [0.05, 0.1) is 42.1 Å². The third-order valence-electron chi connectivity index (χ3n) is 12.0. The molecule has 0 bridgehead atoms. The van der Waals surface area contributed by atoms with Crippen molar-refractivity contribution in [3.8, 4) is 28.6 Å². The Bertz CT molecular complexity index is 2620. The fourth-order valence-corrected chi connectivity index (χ4v) is 9.08. The van der Waals surface area contributed by atoms with Gasteiger partial charge >= 0.3 is 6.01 Å². The van der Waals surface area contributed by atoms with Gasteiger partial charge in [0.15, 0.2) is 5.82 Å². The average Bonchev–Trinajstić information content (AvgIpc) is 3.54. The number of halogens is 2. The topological polar surface area (TPSA) is 185 Å². The third-order valence-corrected chi connectivity index (χ3v) is 12.3. The zero-order valence-electron chi connectivity index (χ0n) is 34.9. The minimum atomic E-state index is -1.03. The Morgan fingerprint density at radius 3 is 2.39 bits per heavy atom. The van der Waals surface area contributed by atoms with E-state index in [2.05, 4.69) is 25.4 Å². The van der Waals surface area contributed by atoms with Crippen LogP contribution in [0.1, 0.15) is 46.4 Å². The highest BCUT2D eigenvalue weighted by atomic mass is 35.5. The molecule has 64 heavy (non-hydrogen) atoms. The number of carbonyl (C=O) groups excluding carboxylic acids is 4. The summed E-state index contributed by atoms with van der Waals surface area (Å²) < 4.78 is 40.5. The van der Waals surface area contributed by atoms with E-state index in [0.717, 1.165) is 54.7 Å². The van der Waals surface area contributed by atoms with Gasteiger partial charge in [-0.25, -0.2) is 4.39 Å². The number of piperidine rings is 2. The molecule has 9 rings (SSSR count). The number of phenolic OH excluding ortho intramolecular Hbond substituents is 1. The minimum Gasteiger partial charge on any atom is -0.508 e. The van der Waals surface area contributed by atoms with Crippen molar-refractivity contribution in [1.29, 1.82) is 0 Å². The van der Waals surface area contributed by atoms with Crippen LogP contribution in [0.4, 0.5) is 10.2 Å². The number of likely N-dealkylation sites (tertiary alicyclic amines) is 1. The van der Waals surface area contributed by atoms with E-state index in [9.17, 15) is 24.3 Å². The number of ether oxygens (including phenoxy) is 4. The highest BCUT2D eigenvalue weighted by Gasteiger charge is 2.44. The molecule has 5 aromatic rings. The van der Waals surface area contributed by atoms with Gasteiger partial charge in [0, 0.05) is 63.2 Å². The van der Waals surface area contributed by atoms with E-state index >= 15 is 4.39 Å². The van der Waals surface area contributed by atoms with Crippen LogP contribution in [0.5, 0.6) is 17.5 Å². The lowest BCUT2D eigenvalue weighted by atomic mass is 9.96. The van der Waals surface area contributed by atoms with Gasteiger partial charge in [-0.3, -0.25) is 34.3 Å². The van der Waals surface area contributed by atoms with Crippen molar-refractivity contribution in [2.75, 3.05) is 83.7 Å². The lowest BCUT2D eigenvalue weighted by molar-refractivity contribution is -0.136. The fourth-order valence-electron chi connectivity index (χ4n) is 8.79. The molecule has 16 nitrogen and oxygen atoms in total. The van der Waals surface area contributed by atoms with Crippen LogP contribution in [-0.2, 0) is 19.1 Å². The Kier molecular flexibility index (Phi) is 12.9. The Morgan fingerprint density at radius 1 is 0.797 bits per heavy atom. The Morgan fingerprint density at radius 2 is 1.58 bits per heavy atom. The molecule has 3 N–H and O–H groups in total. The van der Waals surface area contributed by atoms with E-state index < -0.39 is 35.5 Å². The summed E-state index contributed by atoms with van der Waals surface area (Å²) in [5.41, 5.74) is 1.05. The van der Waals surface area contributed by atoms with Gasteiger partial charge in [0.2, 0.25) is 11.8 Å². The number of nitrogens with one attached hydrogen (secondary N) is 2. The highest BCUT2D eigenvalue weighted by molar-refractivity contribution is 6.35.